The van der Waals surface area contributed by atoms with Gasteiger partial charge in [-0.15, -0.1) is 0 Å². The number of methoxy groups -OCH3 is 1. The van der Waals surface area contributed by atoms with E-state index < -0.39 is 24.4 Å². The Kier molecular flexibility index (Phi) is 7.22. The van der Waals surface area contributed by atoms with Crippen LogP contribution in [-0.4, -0.2) is 62.0 Å². The van der Waals surface area contributed by atoms with Crippen molar-refractivity contribution in [2.24, 2.45) is 0 Å². The standard InChI is InChI=1S/C27H26N2O6/c1-3-28(23-11-6-9-18-8-4-5-10-20(18)23)24(30)17-35-27(33)19-12-13-21-22(16-19)26(32)29(25(21)31)14-7-15-34-2/h4-6,8-13,16H,3,7,14-15,17H2,1-2H3. The van der Waals surface area contributed by atoms with Gasteiger partial charge in [-0.05, 0) is 43.0 Å². The van der Waals surface area contributed by atoms with Crippen LogP contribution in [0.15, 0.2) is 60.7 Å². The lowest BCUT2D eigenvalue weighted by Gasteiger charge is -2.22. The molecule has 0 spiro atoms. The average molecular weight is 475 g/mol. The Bertz CT molecular complexity index is 1300. The molecule has 0 atom stereocenters. The van der Waals surface area contributed by atoms with Gasteiger partial charge < -0.3 is 14.4 Å². The molecule has 8 nitrogen and oxygen atoms in total. The summed E-state index contributed by atoms with van der Waals surface area (Å²) in [6.45, 7) is 2.45. The van der Waals surface area contributed by atoms with Crippen molar-refractivity contribution in [3.05, 3.63) is 77.4 Å². The van der Waals surface area contributed by atoms with Gasteiger partial charge in [0.1, 0.15) is 0 Å². The molecule has 0 saturated carbocycles. The van der Waals surface area contributed by atoms with Crippen LogP contribution in [0.25, 0.3) is 10.8 Å². The first-order valence-corrected chi connectivity index (χ1v) is 11.4. The maximum atomic E-state index is 12.9. The number of nitrogens with zero attached hydrogens (tertiary/aromatic N) is 2. The quantitative estimate of drug-likeness (QED) is 0.267. The van der Waals surface area contributed by atoms with Crippen LogP contribution in [0, 0.1) is 0 Å². The molecule has 0 saturated heterocycles. The second kappa shape index (κ2) is 10.5. The number of ether oxygens (including phenoxy) is 2. The lowest BCUT2D eigenvalue weighted by atomic mass is 10.1. The van der Waals surface area contributed by atoms with Crippen molar-refractivity contribution in [2.75, 3.05) is 38.3 Å². The monoisotopic (exact) mass is 474 g/mol. The number of fused-ring (bicyclic) bond motifs is 2. The molecule has 0 N–H and O–H groups in total. The van der Waals surface area contributed by atoms with Crippen molar-refractivity contribution in [3.63, 3.8) is 0 Å². The van der Waals surface area contributed by atoms with E-state index in [-0.39, 0.29) is 29.1 Å². The molecule has 0 aromatic heterocycles. The first kappa shape index (κ1) is 24.1. The summed E-state index contributed by atoms with van der Waals surface area (Å²) in [7, 11) is 1.55. The van der Waals surface area contributed by atoms with E-state index in [1.54, 1.807) is 12.0 Å². The van der Waals surface area contributed by atoms with E-state index in [0.29, 0.717) is 19.6 Å². The Balaban J connectivity index is 1.45. The van der Waals surface area contributed by atoms with Gasteiger partial charge in [0.25, 0.3) is 17.7 Å². The molecular weight excluding hydrogens is 448 g/mol. The normalized spacial score (nSPS) is 12.7. The topological polar surface area (TPSA) is 93.2 Å². The summed E-state index contributed by atoms with van der Waals surface area (Å²) in [6.07, 6.45) is 0.517. The highest BCUT2D eigenvalue weighted by Crippen LogP contribution is 2.27. The van der Waals surface area contributed by atoms with Gasteiger partial charge in [-0.25, -0.2) is 4.79 Å². The van der Waals surface area contributed by atoms with Gasteiger partial charge in [0.15, 0.2) is 6.61 Å². The molecule has 1 heterocycles. The molecule has 180 valence electrons. The number of benzene rings is 3. The zero-order valence-corrected chi connectivity index (χ0v) is 19.7. The van der Waals surface area contributed by atoms with Gasteiger partial charge in [0.05, 0.1) is 22.4 Å². The van der Waals surface area contributed by atoms with Crippen molar-refractivity contribution in [1.29, 1.82) is 0 Å². The molecule has 0 aliphatic carbocycles. The summed E-state index contributed by atoms with van der Waals surface area (Å²) in [6, 6.07) is 17.7. The van der Waals surface area contributed by atoms with Crippen molar-refractivity contribution in [2.45, 2.75) is 13.3 Å². The van der Waals surface area contributed by atoms with Crippen LogP contribution in [0.1, 0.15) is 44.4 Å². The van der Waals surface area contributed by atoms with E-state index in [2.05, 4.69) is 0 Å². The van der Waals surface area contributed by atoms with Crippen LogP contribution in [0.5, 0.6) is 0 Å². The number of likely N-dealkylation sites (N-methyl/N-ethyl adjacent to an activating group) is 1. The molecule has 0 radical (unpaired) electrons. The fraction of sp³-hybridized carbons (Fsp3) is 0.259. The van der Waals surface area contributed by atoms with Gasteiger partial charge >= 0.3 is 5.97 Å². The van der Waals surface area contributed by atoms with E-state index in [1.165, 1.54) is 18.2 Å². The minimum absolute atomic E-state index is 0.102. The number of anilines is 1. The molecule has 8 heteroatoms. The number of amides is 3. The maximum absolute atomic E-state index is 12.9. The largest absolute Gasteiger partial charge is 0.452 e. The summed E-state index contributed by atoms with van der Waals surface area (Å²) in [5.41, 5.74) is 1.23. The number of esters is 1. The maximum Gasteiger partial charge on any atom is 0.338 e. The lowest BCUT2D eigenvalue weighted by Crippen LogP contribution is -2.34. The minimum Gasteiger partial charge on any atom is -0.452 e. The third-order valence-electron chi connectivity index (χ3n) is 5.94. The molecule has 3 amide bonds. The number of hydrogen-bond donors (Lipinski definition) is 0. The van der Waals surface area contributed by atoms with Crippen LogP contribution in [0.2, 0.25) is 0 Å². The summed E-state index contributed by atoms with van der Waals surface area (Å²) in [4.78, 5) is 53.5. The van der Waals surface area contributed by atoms with Gasteiger partial charge in [-0.3, -0.25) is 19.3 Å². The molecule has 0 fully saturated rings. The molecule has 1 aliphatic heterocycles. The highest BCUT2D eigenvalue weighted by Gasteiger charge is 2.35. The Morgan fingerprint density at radius 1 is 0.943 bits per heavy atom. The van der Waals surface area contributed by atoms with E-state index in [0.717, 1.165) is 21.4 Å². The van der Waals surface area contributed by atoms with Gasteiger partial charge in [0, 0.05) is 32.2 Å². The predicted molar refractivity (Wildman–Crippen MR) is 131 cm³/mol. The number of hydrogen-bond acceptors (Lipinski definition) is 6. The van der Waals surface area contributed by atoms with E-state index in [1.807, 2.05) is 49.4 Å². The summed E-state index contributed by atoms with van der Waals surface area (Å²) in [5.74, 6) is -1.97. The second-order valence-electron chi connectivity index (χ2n) is 8.08. The first-order chi connectivity index (χ1) is 17.0. The third kappa shape index (κ3) is 4.79. The molecule has 35 heavy (non-hydrogen) atoms. The zero-order chi connectivity index (χ0) is 24.9. The van der Waals surface area contributed by atoms with E-state index in [4.69, 9.17) is 9.47 Å². The molecule has 0 unspecified atom stereocenters. The molecule has 3 aromatic carbocycles. The minimum atomic E-state index is -0.742. The zero-order valence-electron chi connectivity index (χ0n) is 19.7. The van der Waals surface area contributed by atoms with Crippen LogP contribution in [-0.2, 0) is 14.3 Å². The molecule has 4 rings (SSSR count). The Labute approximate surface area is 203 Å². The Morgan fingerprint density at radius 3 is 2.46 bits per heavy atom. The number of carbonyl (C=O) groups is 4. The van der Waals surface area contributed by atoms with Crippen molar-refractivity contribution in [3.8, 4) is 0 Å². The van der Waals surface area contributed by atoms with Gasteiger partial charge in [-0.1, -0.05) is 36.4 Å². The fourth-order valence-electron chi connectivity index (χ4n) is 4.20. The van der Waals surface area contributed by atoms with Gasteiger partial charge in [0.2, 0.25) is 0 Å². The van der Waals surface area contributed by atoms with Crippen molar-refractivity contribution < 1.29 is 28.7 Å². The predicted octanol–water partition coefficient (Wildman–Crippen LogP) is 3.68. The van der Waals surface area contributed by atoms with Crippen LogP contribution in [0.3, 0.4) is 0 Å². The fourth-order valence-corrected chi connectivity index (χ4v) is 4.20. The molecule has 0 bridgehead atoms. The van der Waals surface area contributed by atoms with Crippen molar-refractivity contribution >= 4 is 40.2 Å². The van der Waals surface area contributed by atoms with Crippen LogP contribution in [0.4, 0.5) is 5.69 Å². The summed E-state index contributed by atoms with van der Waals surface area (Å²) < 4.78 is 10.3. The van der Waals surface area contributed by atoms with Crippen LogP contribution < -0.4 is 4.90 Å². The number of carbonyl (C=O) groups excluding carboxylic acids is 4. The smallest absolute Gasteiger partial charge is 0.338 e. The Hall–Kier alpha value is -4.04. The first-order valence-electron chi connectivity index (χ1n) is 11.4. The van der Waals surface area contributed by atoms with Crippen molar-refractivity contribution in [1.82, 2.24) is 4.90 Å². The van der Waals surface area contributed by atoms with E-state index in [9.17, 15) is 19.2 Å². The lowest BCUT2D eigenvalue weighted by molar-refractivity contribution is -0.121. The highest BCUT2D eigenvalue weighted by atomic mass is 16.5. The third-order valence-corrected chi connectivity index (χ3v) is 5.94. The summed E-state index contributed by atoms with van der Waals surface area (Å²) >= 11 is 0. The number of rotatable bonds is 9. The Morgan fingerprint density at radius 2 is 1.69 bits per heavy atom. The van der Waals surface area contributed by atoms with Crippen LogP contribution >= 0.6 is 0 Å². The second-order valence-corrected chi connectivity index (χ2v) is 8.08. The molecular formula is C27H26N2O6. The van der Waals surface area contributed by atoms with Gasteiger partial charge in [-0.2, -0.15) is 0 Å². The molecule has 1 aliphatic rings. The average Bonchev–Trinajstić information content (AvgIpc) is 3.12. The van der Waals surface area contributed by atoms with E-state index >= 15 is 0 Å². The summed E-state index contributed by atoms with van der Waals surface area (Å²) in [5, 5.41) is 1.93. The highest BCUT2D eigenvalue weighted by molar-refractivity contribution is 6.22. The SMILES string of the molecule is CCN(C(=O)COC(=O)c1ccc2c(c1)C(=O)N(CCCOC)C2=O)c1cccc2ccccc12. The molecule has 3 aromatic rings. The number of imide groups is 1.